The van der Waals surface area contributed by atoms with E-state index in [4.69, 9.17) is 5.11 Å². The quantitative estimate of drug-likeness (QED) is 0.591. The van der Waals surface area contributed by atoms with E-state index in [1.54, 1.807) is 18.2 Å². The summed E-state index contributed by atoms with van der Waals surface area (Å²) in [4.78, 5) is 21.5. The predicted octanol–water partition coefficient (Wildman–Crippen LogP) is 1.07. The van der Waals surface area contributed by atoms with Crippen LogP contribution in [-0.2, 0) is 4.74 Å². The number of nitrogens with one attached hydrogen (secondary N) is 1. The van der Waals surface area contributed by atoms with Gasteiger partial charge in [0.15, 0.2) is 0 Å². The number of hydrogen-bond donors (Lipinski definition) is 2. The van der Waals surface area contributed by atoms with Crippen LogP contribution in [0, 0.1) is 0 Å². The first-order valence-corrected chi connectivity index (χ1v) is 4.34. The van der Waals surface area contributed by atoms with Gasteiger partial charge in [0.05, 0.1) is 18.9 Å². The third-order valence-corrected chi connectivity index (χ3v) is 1.74. The van der Waals surface area contributed by atoms with Gasteiger partial charge in [-0.2, -0.15) is 5.10 Å². The highest BCUT2D eigenvalue weighted by Crippen LogP contribution is 2.05. The minimum absolute atomic E-state index is 0.109. The van der Waals surface area contributed by atoms with Crippen molar-refractivity contribution in [1.82, 2.24) is 5.43 Å². The monoisotopic (exact) mass is 222 g/mol. The minimum Gasteiger partial charge on any atom is -0.478 e. The number of benzene rings is 1. The van der Waals surface area contributed by atoms with Crippen molar-refractivity contribution in [1.29, 1.82) is 0 Å². The molecule has 6 nitrogen and oxygen atoms in total. The van der Waals surface area contributed by atoms with Crippen molar-refractivity contribution in [3.05, 3.63) is 35.4 Å². The first kappa shape index (κ1) is 11.7. The number of hydrogen-bond acceptors (Lipinski definition) is 4. The molecule has 0 bridgehead atoms. The smallest absolute Gasteiger partial charge is 0.427 e. The maximum atomic E-state index is 10.8. The van der Waals surface area contributed by atoms with Crippen LogP contribution in [0.25, 0.3) is 0 Å². The number of amides is 1. The molecule has 0 aliphatic carbocycles. The molecule has 84 valence electrons. The fraction of sp³-hybridized carbons (Fsp3) is 0.100. The van der Waals surface area contributed by atoms with E-state index in [9.17, 15) is 9.59 Å². The number of rotatable bonds is 3. The van der Waals surface area contributed by atoms with Crippen molar-refractivity contribution in [2.75, 3.05) is 7.11 Å². The van der Waals surface area contributed by atoms with Crippen LogP contribution in [0.5, 0.6) is 0 Å². The minimum atomic E-state index is -1.06. The second-order valence-electron chi connectivity index (χ2n) is 2.75. The third kappa shape index (κ3) is 3.09. The van der Waals surface area contributed by atoms with Crippen LogP contribution in [-0.4, -0.2) is 30.5 Å². The van der Waals surface area contributed by atoms with Crippen molar-refractivity contribution < 1.29 is 19.4 Å². The number of carboxylic acids is 1. The summed E-state index contributed by atoms with van der Waals surface area (Å²) in [6.45, 7) is 0. The fourth-order valence-electron chi connectivity index (χ4n) is 1.00. The number of carbonyl (C=O) groups excluding carboxylic acids is 1. The maximum Gasteiger partial charge on any atom is 0.427 e. The summed E-state index contributed by atoms with van der Waals surface area (Å²) in [6.07, 6.45) is 0.518. The number of carbonyl (C=O) groups is 2. The highest BCUT2D eigenvalue weighted by atomic mass is 16.5. The number of carboxylic acid groups (broad SMARTS) is 1. The van der Waals surface area contributed by atoms with Crippen LogP contribution in [0.1, 0.15) is 15.9 Å². The van der Waals surface area contributed by atoms with Gasteiger partial charge in [0.2, 0.25) is 0 Å². The zero-order valence-electron chi connectivity index (χ0n) is 8.51. The molecular weight excluding hydrogens is 212 g/mol. The molecule has 0 unspecified atom stereocenters. The van der Waals surface area contributed by atoms with Crippen molar-refractivity contribution >= 4 is 18.3 Å². The van der Waals surface area contributed by atoms with Crippen LogP contribution < -0.4 is 5.43 Å². The second kappa shape index (κ2) is 5.50. The maximum absolute atomic E-state index is 10.8. The van der Waals surface area contributed by atoms with Crippen molar-refractivity contribution in [2.45, 2.75) is 0 Å². The molecule has 1 aromatic carbocycles. The Balaban J connectivity index is 2.80. The fourth-order valence-corrected chi connectivity index (χ4v) is 1.00. The average molecular weight is 222 g/mol. The molecule has 0 heterocycles. The van der Waals surface area contributed by atoms with E-state index in [1.165, 1.54) is 19.4 Å². The molecule has 0 radical (unpaired) electrons. The van der Waals surface area contributed by atoms with E-state index in [-0.39, 0.29) is 5.56 Å². The lowest BCUT2D eigenvalue weighted by atomic mass is 10.1. The van der Waals surface area contributed by atoms with Gasteiger partial charge in [-0.3, -0.25) is 0 Å². The number of ether oxygens (including phenoxy) is 1. The van der Waals surface area contributed by atoms with E-state index in [0.29, 0.717) is 5.56 Å². The summed E-state index contributed by atoms with van der Waals surface area (Å²) in [5.41, 5.74) is 2.57. The Labute approximate surface area is 91.5 Å². The molecule has 2 N–H and O–H groups in total. The highest BCUT2D eigenvalue weighted by Gasteiger charge is 2.06. The zero-order chi connectivity index (χ0) is 12.0. The van der Waals surface area contributed by atoms with Crippen molar-refractivity contribution in [2.24, 2.45) is 5.10 Å². The Morgan fingerprint density at radius 1 is 1.44 bits per heavy atom. The van der Waals surface area contributed by atoms with E-state index >= 15 is 0 Å². The Bertz CT molecular complexity index is 429. The SMILES string of the molecule is COC(=O)N/N=C/c1ccccc1C(=O)O. The topological polar surface area (TPSA) is 88.0 Å². The molecule has 0 aliphatic rings. The molecule has 0 atom stereocenters. The summed E-state index contributed by atoms with van der Waals surface area (Å²) >= 11 is 0. The lowest BCUT2D eigenvalue weighted by molar-refractivity contribution is 0.0696. The first-order chi connectivity index (χ1) is 7.65. The van der Waals surface area contributed by atoms with Gasteiger partial charge < -0.3 is 9.84 Å². The predicted molar refractivity (Wildman–Crippen MR) is 56.5 cm³/mol. The van der Waals surface area contributed by atoms with E-state index in [2.05, 4.69) is 15.3 Å². The molecule has 0 saturated heterocycles. The van der Waals surface area contributed by atoms with Gasteiger partial charge in [-0.15, -0.1) is 0 Å². The molecule has 1 amide bonds. The molecule has 0 spiro atoms. The molecule has 0 aliphatic heterocycles. The molecular formula is C10H10N2O4. The van der Waals surface area contributed by atoms with Crippen molar-refractivity contribution in [3.63, 3.8) is 0 Å². The summed E-state index contributed by atoms with van der Waals surface area (Å²) in [5, 5.41) is 12.4. The van der Waals surface area contributed by atoms with Crippen molar-refractivity contribution in [3.8, 4) is 0 Å². The van der Waals surface area contributed by atoms with Gasteiger partial charge in [-0.05, 0) is 6.07 Å². The van der Waals surface area contributed by atoms with E-state index < -0.39 is 12.1 Å². The Morgan fingerprint density at radius 3 is 2.75 bits per heavy atom. The van der Waals surface area contributed by atoms with Crippen LogP contribution in [0.4, 0.5) is 4.79 Å². The summed E-state index contributed by atoms with van der Waals surface area (Å²) in [5.74, 6) is -1.06. The largest absolute Gasteiger partial charge is 0.478 e. The Hall–Kier alpha value is -2.37. The van der Waals surface area contributed by atoms with Gasteiger partial charge in [0.25, 0.3) is 0 Å². The number of aromatic carboxylic acids is 1. The van der Waals surface area contributed by atoms with Gasteiger partial charge in [0.1, 0.15) is 0 Å². The molecule has 1 rings (SSSR count). The number of hydrazone groups is 1. The van der Waals surface area contributed by atoms with E-state index in [1.807, 2.05) is 0 Å². The normalized spacial score (nSPS) is 10.1. The van der Waals surface area contributed by atoms with Gasteiger partial charge in [-0.1, -0.05) is 18.2 Å². The average Bonchev–Trinajstić information content (AvgIpc) is 2.29. The van der Waals surface area contributed by atoms with Gasteiger partial charge in [-0.25, -0.2) is 15.0 Å². The van der Waals surface area contributed by atoms with Crippen LogP contribution in [0.3, 0.4) is 0 Å². The van der Waals surface area contributed by atoms with Crippen LogP contribution >= 0.6 is 0 Å². The third-order valence-electron chi connectivity index (χ3n) is 1.74. The zero-order valence-corrected chi connectivity index (χ0v) is 8.51. The number of methoxy groups -OCH3 is 1. The second-order valence-corrected chi connectivity index (χ2v) is 2.75. The molecule has 0 saturated carbocycles. The lowest BCUT2D eigenvalue weighted by Crippen LogP contribution is -2.17. The molecule has 0 aromatic heterocycles. The van der Waals surface area contributed by atoms with Crippen LogP contribution in [0.2, 0.25) is 0 Å². The molecule has 0 fully saturated rings. The molecule has 16 heavy (non-hydrogen) atoms. The molecule has 6 heteroatoms. The summed E-state index contributed by atoms with van der Waals surface area (Å²) in [7, 11) is 1.20. The standard InChI is InChI=1S/C10H10N2O4/c1-16-10(15)12-11-6-7-4-2-3-5-8(7)9(13)14/h2-6H,1H3,(H,12,15)(H,13,14)/b11-6+. The number of nitrogens with zero attached hydrogens (tertiary/aromatic N) is 1. The van der Waals surface area contributed by atoms with Gasteiger partial charge >= 0.3 is 12.1 Å². The van der Waals surface area contributed by atoms with Gasteiger partial charge in [0, 0.05) is 5.56 Å². The Kier molecular flexibility index (Phi) is 4.02. The summed E-state index contributed by atoms with van der Waals surface area (Å²) < 4.78 is 4.29. The lowest BCUT2D eigenvalue weighted by Gasteiger charge is -1.99. The van der Waals surface area contributed by atoms with Crippen LogP contribution in [0.15, 0.2) is 29.4 Å². The highest BCUT2D eigenvalue weighted by molar-refractivity contribution is 5.98. The Morgan fingerprint density at radius 2 is 2.12 bits per heavy atom. The van der Waals surface area contributed by atoms with E-state index in [0.717, 1.165) is 0 Å². The summed E-state index contributed by atoms with van der Waals surface area (Å²) in [6, 6.07) is 6.30. The first-order valence-electron chi connectivity index (χ1n) is 4.34. The molecule has 1 aromatic rings.